The van der Waals surface area contributed by atoms with Crippen LogP contribution in [-0.4, -0.2) is 52.9 Å². The normalized spacial score (nSPS) is 42.5. The molecule has 0 radical (unpaired) electrons. The summed E-state index contributed by atoms with van der Waals surface area (Å²) in [6, 6.07) is 0. The summed E-state index contributed by atoms with van der Waals surface area (Å²) < 4.78 is 52.0. The van der Waals surface area contributed by atoms with Crippen molar-refractivity contribution in [3.8, 4) is 0 Å². The molecule has 0 aromatic carbocycles. The highest BCUT2D eigenvalue weighted by Crippen LogP contribution is 2.40. The monoisotopic (exact) mass is 258 g/mol. The van der Waals surface area contributed by atoms with Crippen LogP contribution in [0.4, 0.5) is 13.2 Å². The number of ether oxygens (including phenoxy) is 3. The maximum Gasteiger partial charge on any atom is 0.417 e. The molecule has 2 saturated heterocycles. The second kappa shape index (κ2) is 3.79. The molecule has 2 heterocycles. The van der Waals surface area contributed by atoms with Crippen LogP contribution in [0, 0.1) is 0 Å². The lowest BCUT2D eigenvalue weighted by Crippen LogP contribution is -2.47. The Bertz CT molecular complexity index is 305. The van der Waals surface area contributed by atoms with Crippen molar-refractivity contribution in [2.45, 2.75) is 56.5 Å². The van der Waals surface area contributed by atoms with Gasteiger partial charge in [0.2, 0.25) is 0 Å². The van der Waals surface area contributed by atoms with E-state index < -0.39 is 42.7 Å². The van der Waals surface area contributed by atoms with E-state index in [2.05, 4.69) is 0 Å². The number of hydrogen-bond donors (Lipinski definition) is 2. The van der Waals surface area contributed by atoms with Crippen molar-refractivity contribution in [3.05, 3.63) is 0 Å². The number of alkyl halides is 3. The van der Waals surface area contributed by atoms with E-state index in [0.717, 1.165) is 0 Å². The molecule has 8 heteroatoms. The zero-order valence-corrected chi connectivity index (χ0v) is 9.14. The van der Waals surface area contributed by atoms with Crippen molar-refractivity contribution < 1.29 is 37.6 Å². The highest BCUT2D eigenvalue weighted by atomic mass is 19.4. The SMILES string of the molecule is CC1(C)O[C@H]2O[C@H]([C@@H](O)C(F)(F)F)[C@H](O)[C@H]2O1. The molecule has 2 aliphatic rings. The standard InChI is InChI=1S/C9H13F3O5/c1-8(2)16-5-3(13)4(15-7(5)17-8)6(14)9(10,11)12/h3-7,13-14H,1-2H3/t3-,4-,5+,6+,7+/m0/s1. The predicted molar refractivity (Wildman–Crippen MR) is 46.8 cm³/mol. The first-order valence-electron chi connectivity index (χ1n) is 5.06. The third kappa shape index (κ3) is 2.27. The third-order valence-electron chi connectivity index (χ3n) is 2.70. The van der Waals surface area contributed by atoms with Gasteiger partial charge in [-0.2, -0.15) is 13.2 Å². The average Bonchev–Trinajstić information content (AvgIpc) is 2.59. The summed E-state index contributed by atoms with van der Waals surface area (Å²) in [5.74, 6) is -1.02. The Kier molecular flexibility index (Phi) is 2.91. The number of hydrogen-bond acceptors (Lipinski definition) is 5. The summed E-state index contributed by atoms with van der Waals surface area (Å²) in [7, 11) is 0. The lowest BCUT2D eigenvalue weighted by Gasteiger charge is -2.26. The topological polar surface area (TPSA) is 68.2 Å². The molecule has 2 fully saturated rings. The molecule has 0 aromatic heterocycles. The van der Waals surface area contributed by atoms with Gasteiger partial charge in [0.1, 0.15) is 18.3 Å². The number of halogens is 3. The van der Waals surface area contributed by atoms with Gasteiger partial charge in [-0.1, -0.05) is 0 Å². The van der Waals surface area contributed by atoms with E-state index >= 15 is 0 Å². The Morgan fingerprint density at radius 3 is 2.29 bits per heavy atom. The van der Waals surface area contributed by atoms with E-state index in [1.54, 1.807) is 13.8 Å². The maximum atomic E-state index is 12.3. The van der Waals surface area contributed by atoms with Crippen molar-refractivity contribution in [1.82, 2.24) is 0 Å². The molecule has 0 saturated carbocycles. The van der Waals surface area contributed by atoms with E-state index in [1.807, 2.05) is 0 Å². The summed E-state index contributed by atoms with van der Waals surface area (Å²) >= 11 is 0. The zero-order chi connectivity index (χ0) is 13.0. The minimum atomic E-state index is -4.86. The highest BCUT2D eigenvalue weighted by Gasteiger charge is 2.60. The fourth-order valence-electron chi connectivity index (χ4n) is 1.96. The van der Waals surface area contributed by atoms with Gasteiger partial charge in [0.05, 0.1) is 0 Å². The van der Waals surface area contributed by atoms with Crippen molar-refractivity contribution in [1.29, 1.82) is 0 Å². The maximum absolute atomic E-state index is 12.3. The fraction of sp³-hybridized carbons (Fsp3) is 1.00. The van der Waals surface area contributed by atoms with Crippen molar-refractivity contribution in [2.75, 3.05) is 0 Å². The lowest BCUT2D eigenvalue weighted by atomic mass is 10.1. The molecule has 5 atom stereocenters. The van der Waals surface area contributed by atoms with Gasteiger partial charge in [-0.15, -0.1) is 0 Å². The van der Waals surface area contributed by atoms with Crippen molar-refractivity contribution in [2.24, 2.45) is 0 Å². The minimum absolute atomic E-state index is 1.02. The van der Waals surface area contributed by atoms with Crippen molar-refractivity contribution in [3.63, 3.8) is 0 Å². The molecule has 0 amide bonds. The van der Waals surface area contributed by atoms with Crippen LogP contribution in [0.3, 0.4) is 0 Å². The van der Waals surface area contributed by atoms with Crippen molar-refractivity contribution >= 4 is 0 Å². The fourth-order valence-corrected chi connectivity index (χ4v) is 1.96. The first-order chi connectivity index (χ1) is 7.62. The van der Waals surface area contributed by atoms with Crippen LogP contribution in [0.25, 0.3) is 0 Å². The van der Waals surface area contributed by atoms with Gasteiger partial charge in [-0.3, -0.25) is 0 Å². The lowest BCUT2D eigenvalue weighted by molar-refractivity contribution is -0.271. The summed E-state index contributed by atoms with van der Waals surface area (Å²) in [5, 5.41) is 18.7. The zero-order valence-electron chi connectivity index (χ0n) is 9.14. The first kappa shape index (κ1) is 13.0. The van der Waals surface area contributed by atoms with Crippen LogP contribution in [0.5, 0.6) is 0 Å². The molecule has 0 bridgehead atoms. The second-order valence-electron chi connectivity index (χ2n) is 4.55. The van der Waals surface area contributed by atoms with Gasteiger partial charge in [0.15, 0.2) is 18.2 Å². The molecule has 0 aliphatic carbocycles. The molecule has 5 nitrogen and oxygen atoms in total. The van der Waals surface area contributed by atoms with Crippen LogP contribution in [0.1, 0.15) is 13.8 Å². The smallest absolute Gasteiger partial charge is 0.387 e. The number of aliphatic hydroxyl groups is 2. The number of aliphatic hydroxyl groups excluding tert-OH is 2. The largest absolute Gasteiger partial charge is 0.417 e. The van der Waals surface area contributed by atoms with Gasteiger partial charge in [0.25, 0.3) is 0 Å². The van der Waals surface area contributed by atoms with Gasteiger partial charge < -0.3 is 24.4 Å². The molecule has 0 unspecified atom stereocenters. The quantitative estimate of drug-likeness (QED) is 0.700. The molecular weight excluding hydrogens is 245 g/mol. The van der Waals surface area contributed by atoms with E-state index in [-0.39, 0.29) is 0 Å². The van der Waals surface area contributed by atoms with Crippen LogP contribution >= 0.6 is 0 Å². The van der Waals surface area contributed by atoms with Gasteiger partial charge in [0, 0.05) is 0 Å². The Labute approximate surface area is 95.1 Å². The minimum Gasteiger partial charge on any atom is -0.387 e. The van der Waals surface area contributed by atoms with E-state index in [1.165, 1.54) is 0 Å². The Morgan fingerprint density at radius 2 is 1.82 bits per heavy atom. The molecule has 2 N–H and O–H groups in total. The van der Waals surface area contributed by atoms with E-state index in [0.29, 0.717) is 0 Å². The predicted octanol–water partition coefficient (Wildman–Crippen LogP) is 0.147. The Balaban J connectivity index is 2.08. The Morgan fingerprint density at radius 1 is 1.24 bits per heavy atom. The summed E-state index contributed by atoms with van der Waals surface area (Å²) in [6.07, 6.45) is -13.1. The van der Waals surface area contributed by atoms with Crippen LogP contribution in [-0.2, 0) is 14.2 Å². The molecule has 17 heavy (non-hydrogen) atoms. The molecule has 0 aromatic rings. The van der Waals surface area contributed by atoms with Crippen LogP contribution in [0.15, 0.2) is 0 Å². The van der Waals surface area contributed by atoms with E-state index in [4.69, 9.17) is 19.3 Å². The van der Waals surface area contributed by atoms with Gasteiger partial charge in [-0.25, -0.2) is 0 Å². The Hall–Kier alpha value is -0.410. The average molecular weight is 258 g/mol. The highest BCUT2D eigenvalue weighted by molar-refractivity contribution is 4.97. The molecule has 100 valence electrons. The second-order valence-corrected chi connectivity index (χ2v) is 4.55. The van der Waals surface area contributed by atoms with E-state index in [9.17, 15) is 18.3 Å². The molecular formula is C9H13F3O5. The first-order valence-corrected chi connectivity index (χ1v) is 5.06. The molecule has 0 spiro atoms. The van der Waals surface area contributed by atoms with Crippen LogP contribution in [0.2, 0.25) is 0 Å². The molecule has 2 aliphatic heterocycles. The summed E-state index contributed by atoms with van der Waals surface area (Å²) in [6.45, 7) is 3.10. The third-order valence-corrected chi connectivity index (χ3v) is 2.70. The number of fused-ring (bicyclic) bond motifs is 1. The molecule has 2 rings (SSSR count). The van der Waals surface area contributed by atoms with Gasteiger partial charge >= 0.3 is 6.18 Å². The van der Waals surface area contributed by atoms with Crippen LogP contribution < -0.4 is 0 Å². The van der Waals surface area contributed by atoms with Gasteiger partial charge in [-0.05, 0) is 13.8 Å². The summed E-state index contributed by atoms with van der Waals surface area (Å²) in [4.78, 5) is 0. The number of rotatable bonds is 1. The summed E-state index contributed by atoms with van der Waals surface area (Å²) in [5.41, 5.74) is 0.